The molecule has 0 radical (unpaired) electrons. The molecule has 214 valence electrons. The molecule has 3 aliphatic rings. The van der Waals surface area contributed by atoms with E-state index >= 15 is 0 Å². The summed E-state index contributed by atoms with van der Waals surface area (Å²) in [4.78, 5) is 17.2. The molecule has 6 nitrogen and oxygen atoms in total. The fourth-order valence-corrected chi connectivity index (χ4v) is 7.56. The van der Waals surface area contributed by atoms with Crippen molar-refractivity contribution < 1.29 is 14.6 Å². The summed E-state index contributed by atoms with van der Waals surface area (Å²) in [5, 5.41) is 11.1. The Morgan fingerprint density at radius 3 is 2.50 bits per heavy atom. The molecule has 0 atom stereocenters. The van der Waals surface area contributed by atoms with E-state index in [1.165, 1.54) is 97.9 Å². The van der Waals surface area contributed by atoms with E-state index in [1.807, 2.05) is 6.07 Å². The van der Waals surface area contributed by atoms with Gasteiger partial charge in [0.1, 0.15) is 0 Å². The summed E-state index contributed by atoms with van der Waals surface area (Å²) in [7, 11) is 1.80. The summed E-state index contributed by atoms with van der Waals surface area (Å²) < 4.78 is 7.77. The van der Waals surface area contributed by atoms with Crippen molar-refractivity contribution >= 4 is 22.6 Å². The van der Waals surface area contributed by atoms with Gasteiger partial charge in [-0.1, -0.05) is 37.5 Å². The molecule has 0 spiro atoms. The number of nitrogens with zero attached hydrogens (tertiary/aromatic N) is 3. The summed E-state index contributed by atoms with van der Waals surface area (Å²) in [6, 6.07) is 12.8. The van der Waals surface area contributed by atoms with Crippen molar-refractivity contribution in [1.82, 2.24) is 9.47 Å². The van der Waals surface area contributed by atoms with Gasteiger partial charge in [-0.2, -0.15) is 0 Å². The minimum Gasteiger partial charge on any atom is -0.478 e. The average Bonchev–Trinajstić information content (AvgIpc) is 3.21. The molecule has 1 saturated heterocycles. The van der Waals surface area contributed by atoms with Crippen LogP contribution in [0.2, 0.25) is 0 Å². The first-order valence-corrected chi connectivity index (χ1v) is 15.5. The summed E-state index contributed by atoms with van der Waals surface area (Å²) >= 11 is 0. The van der Waals surface area contributed by atoms with E-state index in [0.29, 0.717) is 11.5 Å². The van der Waals surface area contributed by atoms with Crippen LogP contribution in [0, 0.1) is 12.8 Å². The molecule has 2 aromatic carbocycles. The number of methoxy groups -OCH3 is 1. The highest BCUT2D eigenvalue weighted by Crippen LogP contribution is 2.47. The zero-order chi connectivity index (χ0) is 27.6. The number of hydrogen-bond acceptors (Lipinski definition) is 4. The highest BCUT2D eigenvalue weighted by atomic mass is 16.5. The first-order chi connectivity index (χ1) is 19.5. The molecule has 0 bridgehead atoms. The summed E-state index contributed by atoms with van der Waals surface area (Å²) in [5.41, 5.74) is 8.20. The predicted molar refractivity (Wildman–Crippen MR) is 163 cm³/mol. The average molecular weight is 544 g/mol. The third-order valence-corrected chi connectivity index (χ3v) is 9.83. The minimum atomic E-state index is -0.853. The molecule has 1 saturated carbocycles. The number of carboxylic acids is 1. The number of carbonyl (C=O) groups is 1. The van der Waals surface area contributed by atoms with E-state index in [9.17, 15) is 9.90 Å². The molecule has 40 heavy (non-hydrogen) atoms. The van der Waals surface area contributed by atoms with Crippen LogP contribution in [0.5, 0.6) is 0 Å². The van der Waals surface area contributed by atoms with Gasteiger partial charge in [0.25, 0.3) is 0 Å². The van der Waals surface area contributed by atoms with Crippen LogP contribution >= 0.6 is 0 Å². The van der Waals surface area contributed by atoms with E-state index in [2.05, 4.69) is 45.6 Å². The van der Waals surface area contributed by atoms with Crippen molar-refractivity contribution in [2.24, 2.45) is 5.92 Å². The van der Waals surface area contributed by atoms with Crippen LogP contribution in [0.15, 0.2) is 36.4 Å². The van der Waals surface area contributed by atoms with E-state index in [0.717, 1.165) is 44.2 Å². The van der Waals surface area contributed by atoms with Crippen LogP contribution in [0.25, 0.3) is 22.2 Å². The number of aryl methyl sites for hydroxylation is 1. The lowest BCUT2D eigenvalue weighted by atomic mass is 9.81. The Hall–Kier alpha value is -2.83. The Morgan fingerprint density at radius 1 is 0.950 bits per heavy atom. The maximum Gasteiger partial charge on any atom is 0.335 e. The number of carboxylic acid groups (broad SMARTS) is 1. The monoisotopic (exact) mass is 543 g/mol. The van der Waals surface area contributed by atoms with E-state index < -0.39 is 5.97 Å². The summed E-state index contributed by atoms with van der Waals surface area (Å²) in [6.07, 6.45) is 10.0. The number of piperidine rings is 1. The Bertz CT molecular complexity index is 1350. The van der Waals surface area contributed by atoms with Crippen LogP contribution in [0.1, 0.15) is 78.8 Å². The Labute approximate surface area is 238 Å². The number of fused-ring (bicyclic) bond motifs is 5. The number of likely N-dealkylation sites (tertiary alicyclic amines) is 1. The smallest absolute Gasteiger partial charge is 0.335 e. The number of rotatable bonds is 8. The maximum atomic E-state index is 12.0. The highest BCUT2D eigenvalue weighted by Gasteiger charge is 2.31. The van der Waals surface area contributed by atoms with E-state index in [4.69, 9.17) is 4.74 Å². The van der Waals surface area contributed by atoms with Gasteiger partial charge in [-0.25, -0.2) is 4.79 Å². The molecule has 6 heteroatoms. The normalized spacial score (nSPS) is 19.0. The van der Waals surface area contributed by atoms with Crippen LogP contribution in [-0.4, -0.2) is 67.0 Å². The standard InChI is InChI=1S/C34H45N3O3/c1-24-8-10-29-30(22-24)36(18-17-35-15-12-25(13-16-35)14-21-40-2)19-20-37-31-23-27(34(38)39)9-11-28(31)32(33(29)37)26-6-4-3-5-7-26/h8-11,22-23,25-26H,3-7,12-21H2,1-2H3,(H,38,39). The van der Waals surface area contributed by atoms with Crippen molar-refractivity contribution in [1.29, 1.82) is 0 Å². The lowest BCUT2D eigenvalue weighted by molar-refractivity contribution is 0.0697. The van der Waals surface area contributed by atoms with E-state index in [1.54, 1.807) is 13.2 Å². The van der Waals surface area contributed by atoms with Gasteiger partial charge in [0.2, 0.25) is 0 Å². The zero-order valence-corrected chi connectivity index (χ0v) is 24.3. The van der Waals surface area contributed by atoms with Crippen molar-refractivity contribution in [2.75, 3.05) is 51.3 Å². The van der Waals surface area contributed by atoms with Crippen molar-refractivity contribution in [3.05, 3.63) is 53.1 Å². The molecule has 1 aromatic heterocycles. The summed E-state index contributed by atoms with van der Waals surface area (Å²) in [5.74, 6) is 0.475. The Balaban J connectivity index is 1.34. The van der Waals surface area contributed by atoms with Crippen LogP contribution in [0.3, 0.4) is 0 Å². The van der Waals surface area contributed by atoms with Crippen molar-refractivity contribution in [3.63, 3.8) is 0 Å². The second-order valence-corrected chi connectivity index (χ2v) is 12.4. The first kappa shape index (κ1) is 27.3. The molecular weight excluding hydrogens is 498 g/mol. The molecule has 2 fully saturated rings. The number of ether oxygens (including phenoxy) is 1. The number of aromatic carboxylic acids is 1. The van der Waals surface area contributed by atoms with Gasteiger partial charge < -0.3 is 24.2 Å². The van der Waals surface area contributed by atoms with Gasteiger partial charge in [-0.3, -0.25) is 0 Å². The fourth-order valence-electron chi connectivity index (χ4n) is 7.56. The fraction of sp³-hybridized carbons (Fsp3) is 0.559. The number of hydrogen-bond donors (Lipinski definition) is 1. The Morgan fingerprint density at radius 2 is 1.75 bits per heavy atom. The second-order valence-electron chi connectivity index (χ2n) is 12.4. The van der Waals surface area contributed by atoms with E-state index in [-0.39, 0.29) is 0 Å². The third kappa shape index (κ3) is 5.40. The number of benzene rings is 2. The molecular formula is C34H45N3O3. The molecule has 1 N–H and O–H groups in total. The largest absolute Gasteiger partial charge is 0.478 e. The van der Waals surface area contributed by atoms with Gasteiger partial charge >= 0.3 is 5.97 Å². The molecule has 0 unspecified atom stereocenters. The molecule has 6 rings (SSSR count). The minimum absolute atomic E-state index is 0.377. The van der Waals surface area contributed by atoms with Crippen molar-refractivity contribution in [2.45, 2.75) is 70.8 Å². The Kier molecular flexibility index (Phi) is 8.17. The predicted octanol–water partition coefficient (Wildman–Crippen LogP) is 6.93. The quantitative estimate of drug-likeness (QED) is 0.334. The van der Waals surface area contributed by atoms with Crippen LogP contribution in [0.4, 0.5) is 5.69 Å². The molecule has 0 amide bonds. The lowest BCUT2D eigenvalue weighted by Crippen LogP contribution is -2.40. The first-order valence-electron chi connectivity index (χ1n) is 15.5. The second kappa shape index (κ2) is 12.0. The third-order valence-electron chi connectivity index (χ3n) is 9.83. The van der Waals surface area contributed by atoms with Gasteiger partial charge in [0, 0.05) is 62.0 Å². The molecule has 2 aliphatic heterocycles. The van der Waals surface area contributed by atoms with Crippen molar-refractivity contribution in [3.8, 4) is 11.3 Å². The molecule has 3 aromatic rings. The number of aromatic nitrogens is 1. The lowest BCUT2D eigenvalue weighted by Gasteiger charge is -2.34. The van der Waals surface area contributed by atoms with Crippen LogP contribution in [-0.2, 0) is 11.3 Å². The van der Waals surface area contributed by atoms with Gasteiger partial charge in [0.15, 0.2) is 0 Å². The highest BCUT2D eigenvalue weighted by molar-refractivity contribution is 5.99. The number of anilines is 1. The van der Waals surface area contributed by atoms with Crippen LogP contribution < -0.4 is 4.90 Å². The van der Waals surface area contributed by atoms with Gasteiger partial charge in [-0.05, 0) is 93.3 Å². The molecule has 3 heterocycles. The summed E-state index contributed by atoms with van der Waals surface area (Å²) in [6.45, 7) is 9.33. The van der Waals surface area contributed by atoms with Gasteiger partial charge in [-0.15, -0.1) is 0 Å². The molecule has 1 aliphatic carbocycles. The topological polar surface area (TPSA) is 57.9 Å². The zero-order valence-electron chi connectivity index (χ0n) is 24.3. The SMILES string of the molecule is COCCC1CCN(CCN2CCn3c(c(C4CCCCC4)c4ccc(C(=O)O)cc43)-c3ccc(C)cc32)CC1. The van der Waals surface area contributed by atoms with Gasteiger partial charge in [0.05, 0.1) is 11.3 Å². The maximum absolute atomic E-state index is 12.0.